The minimum absolute atomic E-state index is 0. The monoisotopic (exact) mass is 559 g/mol. The first-order valence-electron chi connectivity index (χ1n) is 14.2. The SMILES string of the molecule is N/N=C(/C(CCc1ccccc1)N1CCCC(=O)NCN(c2ccccc2)CC1)N(N)c1ccc2c(c1)OCCO2.[HH]. The number of amides is 1. The van der Waals surface area contributed by atoms with E-state index in [1.165, 1.54) is 5.56 Å². The number of amidine groups is 1. The Hall–Kier alpha value is -4.28. The maximum absolute atomic E-state index is 12.6. The summed E-state index contributed by atoms with van der Waals surface area (Å²) in [6, 6.07) is 25.9. The van der Waals surface area contributed by atoms with E-state index >= 15 is 0 Å². The highest BCUT2D eigenvalue weighted by molar-refractivity contribution is 6.00. The summed E-state index contributed by atoms with van der Waals surface area (Å²) in [6.07, 6.45) is 2.72. The van der Waals surface area contributed by atoms with Crippen LogP contribution in [0.2, 0.25) is 0 Å². The van der Waals surface area contributed by atoms with Crippen molar-refractivity contribution < 1.29 is 15.7 Å². The summed E-state index contributed by atoms with van der Waals surface area (Å²) < 4.78 is 11.5. The molecule has 2 aliphatic heterocycles. The number of anilines is 2. The Labute approximate surface area is 242 Å². The van der Waals surface area contributed by atoms with E-state index < -0.39 is 0 Å². The lowest BCUT2D eigenvalue weighted by Gasteiger charge is -2.38. The number of nitrogens with zero attached hydrogens (tertiary/aromatic N) is 4. The average Bonchev–Trinajstić information content (AvgIpc) is 3.02. The molecule has 0 aliphatic carbocycles. The summed E-state index contributed by atoms with van der Waals surface area (Å²) in [7, 11) is 0. The van der Waals surface area contributed by atoms with Gasteiger partial charge < -0.3 is 25.5 Å². The van der Waals surface area contributed by atoms with Crippen LogP contribution in [0.5, 0.6) is 11.5 Å². The third-order valence-corrected chi connectivity index (χ3v) is 7.57. The molecule has 1 amide bonds. The molecular formula is C31H41N7O3. The van der Waals surface area contributed by atoms with E-state index in [9.17, 15) is 4.79 Å². The van der Waals surface area contributed by atoms with Gasteiger partial charge in [0.15, 0.2) is 17.3 Å². The number of hydrogen-bond acceptors (Lipinski definition) is 8. The molecule has 1 atom stereocenters. The number of hydrogen-bond donors (Lipinski definition) is 3. The zero-order chi connectivity index (χ0) is 28.4. The maximum Gasteiger partial charge on any atom is 0.221 e. The third kappa shape index (κ3) is 7.27. The van der Waals surface area contributed by atoms with E-state index in [0.717, 1.165) is 25.1 Å². The van der Waals surface area contributed by atoms with E-state index in [2.05, 4.69) is 44.5 Å². The van der Waals surface area contributed by atoms with Gasteiger partial charge in [-0.15, -0.1) is 0 Å². The molecule has 5 N–H and O–H groups in total. The van der Waals surface area contributed by atoms with Crippen molar-refractivity contribution in [1.82, 2.24) is 10.2 Å². The van der Waals surface area contributed by atoms with E-state index in [-0.39, 0.29) is 13.4 Å². The molecule has 0 bridgehead atoms. The van der Waals surface area contributed by atoms with Crippen LogP contribution in [0.25, 0.3) is 0 Å². The van der Waals surface area contributed by atoms with Crippen LogP contribution in [-0.2, 0) is 11.2 Å². The van der Waals surface area contributed by atoms with E-state index in [1.807, 2.05) is 54.6 Å². The molecule has 0 saturated carbocycles. The molecule has 1 unspecified atom stereocenters. The van der Waals surface area contributed by atoms with E-state index in [4.69, 9.17) is 21.2 Å². The Morgan fingerprint density at radius 2 is 1.71 bits per heavy atom. The highest BCUT2D eigenvalue weighted by Gasteiger charge is 2.29. The number of hydrazone groups is 1. The number of benzene rings is 3. The van der Waals surface area contributed by atoms with Crippen LogP contribution in [-0.4, -0.2) is 62.2 Å². The number of nitrogens with two attached hydrogens (primary N) is 2. The van der Waals surface area contributed by atoms with Gasteiger partial charge in [-0.25, -0.2) is 5.84 Å². The molecule has 3 aromatic carbocycles. The summed E-state index contributed by atoms with van der Waals surface area (Å²) in [5.74, 6) is 14.8. The molecule has 10 nitrogen and oxygen atoms in total. The van der Waals surface area contributed by atoms with Crippen molar-refractivity contribution in [3.8, 4) is 11.5 Å². The molecule has 2 heterocycles. The second kappa shape index (κ2) is 13.9. The first-order chi connectivity index (χ1) is 20.1. The summed E-state index contributed by atoms with van der Waals surface area (Å²) in [4.78, 5) is 17.2. The summed E-state index contributed by atoms with van der Waals surface area (Å²) in [6.45, 7) is 3.59. The Kier molecular flexibility index (Phi) is 9.56. The van der Waals surface area contributed by atoms with Gasteiger partial charge in [0.25, 0.3) is 0 Å². The molecule has 1 saturated heterocycles. The smallest absolute Gasteiger partial charge is 0.221 e. The van der Waals surface area contributed by atoms with Crippen LogP contribution >= 0.6 is 0 Å². The van der Waals surface area contributed by atoms with Crippen molar-refractivity contribution in [3.63, 3.8) is 0 Å². The van der Waals surface area contributed by atoms with Gasteiger partial charge >= 0.3 is 0 Å². The minimum Gasteiger partial charge on any atom is -0.486 e. The highest BCUT2D eigenvalue weighted by Crippen LogP contribution is 2.34. The van der Waals surface area contributed by atoms with Crippen LogP contribution in [0.1, 0.15) is 26.3 Å². The van der Waals surface area contributed by atoms with Crippen molar-refractivity contribution in [2.45, 2.75) is 31.7 Å². The number of aryl methyl sites for hydroxylation is 1. The van der Waals surface area contributed by atoms with Crippen molar-refractivity contribution in [3.05, 3.63) is 84.4 Å². The van der Waals surface area contributed by atoms with Crippen LogP contribution in [0.3, 0.4) is 0 Å². The number of nitrogens with one attached hydrogen (secondary N) is 1. The second-order valence-electron chi connectivity index (χ2n) is 10.2. The molecular weight excluding hydrogens is 518 g/mol. The van der Waals surface area contributed by atoms with Gasteiger partial charge in [0.2, 0.25) is 5.91 Å². The van der Waals surface area contributed by atoms with Gasteiger partial charge in [0.05, 0.1) is 18.4 Å². The first-order valence-corrected chi connectivity index (χ1v) is 14.2. The fourth-order valence-corrected chi connectivity index (χ4v) is 5.37. The van der Waals surface area contributed by atoms with Gasteiger partial charge in [0, 0.05) is 32.7 Å². The van der Waals surface area contributed by atoms with Gasteiger partial charge in [-0.05, 0) is 55.6 Å². The predicted molar refractivity (Wildman–Crippen MR) is 164 cm³/mol. The zero-order valence-electron chi connectivity index (χ0n) is 23.3. The second-order valence-corrected chi connectivity index (χ2v) is 10.2. The Bertz CT molecular complexity index is 1310. The molecule has 0 spiro atoms. The van der Waals surface area contributed by atoms with Crippen LogP contribution < -0.4 is 36.4 Å². The number of ether oxygens (including phenoxy) is 2. The largest absolute Gasteiger partial charge is 0.486 e. The molecule has 41 heavy (non-hydrogen) atoms. The minimum atomic E-state index is -0.196. The Morgan fingerprint density at radius 3 is 2.46 bits per heavy atom. The highest BCUT2D eigenvalue weighted by atomic mass is 16.6. The number of rotatable bonds is 7. The van der Waals surface area contributed by atoms with E-state index in [0.29, 0.717) is 68.8 Å². The quantitative estimate of drug-likeness (QED) is 0.174. The fourth-order valence-electron chi connectivity index (χ4n) is 5.37. The van der Waals surface area contributed by atoms with Crippen molar-refractivity contribution in [1.29, 1.82) is 0 Å². The van der Waals surface area contributed by atoms with Crippen molar-refractivity contribution >= 4 is 23.1 Å². The Morgan fingerprint density at radius 1 is 0.976 bits per heavy atom. The standard InChI is InChI=1S/C31H39N7O3.H2/c32-35-31(38(33)26-14-16-28-29(22-26)41-21-20-40-28)27(15-13-24-8-3-1-4-9-24)36-17-7-12-30(39)34-23-37(19-18-36)25-10-5-2-6-11-25;/h1-6,8-11,14,16,22,27H,7,12-13,15,17-21,23,32-33H2,(H,34,39);1H/b35-31-;. The summed E-state index contributed by atoms with van der Waals surface area (Å²) in [5, 5.41) is 8.88. The number of carbonyl (C=O) groups is 1. The number of para-hydroxylation sites is 1. The van der Waals surface area contributed by atoms with Gasteiger partial charge in [-0.3, -0.25) is 14.7 Å². The van der Waals surface area contributed by atoms with Gasteiger partial charge in [-0.1, -0.05) is 48.5 Å². The Balaban J connectivity index is 0.00000405. The molecule has 3 aromatic rings. The van der Waals surface area contributed by atoms with Crippen LogP contribution in [0.4, 0.5) is 11.4 Å². The molecule has 5 rings (SSSR count). The third-order valence-electron chi connectivity index (χ3n) is 7.57. The number of fused-ring (bicyclic) bond motifs is 1. The zero-order valence-corrected chi connectivity index (χ0v) is 23.3. The molecule has 218 valence electrons. The first kappa shape index (κ1) is 28.3. The van der Waals surface area contributed by atoms with E-state index in [1.54, 1.807) is 5.01 Å². The lowest BCUT2D eigenvalue weighted by Crippen LogP contribution is -2.55. The predicted octanol–water partition coefficient (Wildman–Crippen LogP) is 3.33. The summed E-state index contributed by atoms with van der Waals surface area (Å²) >= 11 is 0. The van der Waals surface area contributed by atoms with Crippen molar-refractivity contribution in [2.75, 3.05) is 49.4 Å². The topological polar surface area (TPSA) is 122 Å². The molecule has 0 radical (unpaired) electrons. The lowest BCUT2D eigenvalue weighted by molar-refractivity contribution is -0.121. The molecule has 10 heteroatoms. The maximum atomic E-state index is 12.6. The van der Waals surface area contributed by atoms with Gasteiger partial charge in [-0.2, -0.15) is 5.10 Å². The summed E-state index contributed by atoms with van der Waals surface area (Å²) in [5.41, 5.74) is 2.98. The van der Waals surface area contributed by atoms with Crippen LogP contribution in [0, 0.1) is 0 Å². The number of carbonyl (C=O) groups excluding carboxylic acids is 1. The fraction of sp³-hybridized carbons (Fsp3) is 0.355. The van der Waals surface area contributed by atoms with Crippen LogP contribution in [0.15, 0.2) is 84.0 Å². The van der Waals surface area contributed by atoms with Gasteiger partial charge in [0.1, 0.15) is 13.2 Å². The average molecular weight is 560 g/mol. The lowest BCUT2D eigenvalue weighted by atomic mass is 10.0. The normalized spacial score (nSPS) is 17.4. The van der Waals surface area contributed by atoms with Crippen molar-refractivity contribution in [2.24, 2.45) is 16.8 Å². The number of hydrazine groups is 1. The molecule has 2 aliphatic rings. The molecule has 1 fully saturated rings. The molecule has 0 aromatic heterocycles.